The lowest BCUT2D eigenvalue weighted by Gasteiger charge is -2.26. The van der Waals surface area contributed by atoms with E-state index in [0.29, 0.717) is 5.56 Å². The van der Waals surface area contributed by atoms with Gasteiger partial charge in [0.15, 0.2) is 0 Å². The first-order chi connectivity index (χ1) is 9.36. The SMILES string of the molecule is O=C(NCCCCN1CCOCC1)c1cccnc1. The highest BCUT2D eigenvalue weighted by atomic mass is 16.5. The van der Waals surface area contributed by atoms with Crippen molar-refractivity contribution in [3.05, 3.63) is 30.1 Å². The van der Waals surface area contributed by atoms with Crippen molar-refractivity contribution in [2.24, 2.45) is 0 Å². The molecule has 0 saturated carbocycles. The van der Waals surface area contributed by atoms with Crippen LogP contribution < -0.4 is 5.32 Å². The number of pyridine rings is 1. The Kier molecular flexibility index (Phi) is 5.78. The smallest absolute Gasteiger partial charge is 0.252 e. The zero-order valence-electron chi connectivity index (χ0n) is 11.2. The lowest BCUT2D eigenvalue weighted by atomic mass is 10.2. The Hall–Kier alpha value is -1.46. The van der Waals surface area contributed by atoms with Gasteiger partial charge in [-0.05, 0) is 31.5 Å². The number of nitrogens with zero attached hydrogens (tertiary/aromatic N) is 2. The molecule has 5 nitrogen and oxygen atoms in total. The summed E-state index contributed by atoms with van der Waals surface area (Å²) in [7, 11) is 0. The first kappa shape index (κ1) is 14.0. The van der Waals surface area contributed by atoms with E-state index < -0.39 is 0 Å². The molecule has 2 heterocycles. The molecule has 0 bridgehead atoms. The van der Waals surface area contributed by atoms with Gasteiger partial charge in [0, 0.05) is 32.0 Å². The van der Waals surface area contributed by atoms with Gasteiger partial charge in [0.1, 0.15) is 0 Å². The van der Waals surface area contributed by atoms with Gasteiger partial charge in [-0.15, -0.1) is 0 Å². The van der Waals surface area contributed by atoms with Crippen molar-refractivity contribution in [3.63, 3.8) is 0 Å². The molecule has 0 aliphatic carbocycles. The Morgan fingerprint density at radius 1 is 1.37 bits per heavy atom. The molecule has 1 aromatic heterocycles. The Bertz CT molecular complexity index is 378. The fourth-order valence-corrected chi connectivity index (χ4v) is 2.09. The van der Waals surface area contributed by atoms with Crippen molar-refractivity contribution in [1.82, 2.24) is 15.2 Å². The second kappa shape index (κ2) is 7.86. The summed E-state index contributed by atoms with van der Waals surface area (Å²) in [5.74, 6) is -0.0422. The third-order valence-electron chi connectivity index (χ3n) is 3.21. The van der Waals surface area contributed by atoms with Crippen LogP contribution in [0, 0.1) is 0 Å². The molecular formula is C14H21N3O2. The van der Waals surface area contributed by atoms with E-state index >= 15 is 0 Å². The standard InChI is InChI=1S/C14H21N3O2/c18-14(13-4-3-5-15-12-13)16-6-1-2-7-17-8-10-19-11-9-17/h3-5,12H,1-2,6-11H2,(H,16,18). The molecule has 0 spiro atoms. The summed E-state index contributed by atoms with van der Waals surface area (Å²) in [5, 5.41) is 2.91. The number of ether oxygens (including phenoxy) is 1. The number of rotatable bonds is 6. The summed E-state index contributed by atoms with van der Waals surface area (Å²) in [5.41, 5.74) is 0.621. The Labute approximate surface area is 114 Å². The second-order valence-electron chi connectivity index (χ2n) is 4.66. The highest BCUT2D eigenvalue weighted by molar-refractivity contribution is 5.93. The Morgan fingerprint density at radius 2 is 2.21 bits per heavy atom. The fourth-order valence-electron chi connectivity index (χ4n) is 2.09. The topological polar surface area (TPSA) is 54.5 Å². The molecule has 2 rings (SSSR count). The van der Waals surface area contributed by atoms with Gasteiger partial charge < -0.3 is 10.1 Å². The lowest BCUT2D eigenvalue weighted by molar-refractivity contribution is 0.0372. The van der Waals surface area contributed by atoms with Crippen molar-refractivity contribution in [1.29, 1.82) is 0 Å². The van der Waals surface area contributed by atoms with Crippen molar-refractivity contribution in [2.75, 3.05) is 39.4 Å². The van der Waals surface area contributed by atoms with Gasteiger partial charge in [0.25, 0.3) is 5.91 Å². The molecule has 1 aliphatic heterocycles. The number of aromatic nitrogens is 1. The predicted molar refractivity (Wildman–Crippen MR) is 73.1 cm³/mol. The first-order valence-corrected chi connectivity index (χ1v) is 6.84. The Balaban J connectivity index is 1.55. The van der Waals surface area contributed by atoms with Gasteiger partial charge in [-0.2, -0.15) is 0 Å². The van der Waals surface area contributed by atoms with Crippen LogP contribution in [0.5, 0.6) is 0 Å². The molecule has 1 aromatic rings. The largest absolute Gasteiger partial charge is 0.379 e. The number of unbranched alkanes of at least 4 members (excludes halogenated alkanes) is 1. The monoisotopic (exact) mass is 263 g/mol. The molecule has 5 heteroatoms. The van der Waals surface area contributed by atoms with E-state index in [0.717, 1.165) is 52.2 Å². The highest BCUT2D eigenvalue weighted by Crippen LogP contribution is 2.00. The summed E-state index contributed by atoms with van der Waals surface area (Å²) in [6.45, 7) is 5.56. The number of amides is 1. The lowest BCUT2D eigenvalue weighted by Crippen LogP contribution is -2.37. The first-order valence-electron chi connectivity index (χ1n) is 6.84. The molecule has 104 valence electrons. The fraction of sp³-hybridized carbons (Fsp3) is 0.571. The van der Waals surface area contributed by atoms with E-state index in [9.17, 15) is 4.79 Å². The third-order valence-corrected chi connectivity index (χ3v) is 3.21. The van der Waals surface area contributed by atoms with E-state index in [2.05, 4.69) is 15.2 Å². The van der Waals surface area contributed by atoms with Gasteiger partial charge >= 0.3 is 0 Å². The molecule has 0 aromatic carbocycles. The number of hydrogen-bond acceptors (Lipinski definition) is 4. The summed E-state index contributed by atoms with van der Waals surface area (Å²) < 4.78 is 5.30. The molecular weight excluding hydrogens is 242 g/mol. The van der Waals surface area contributed by atoms with E-state index in [4.69, 9.17) is 4.74 Å². The molecule has 1 saturated heterocycles. The number of hydrogen-bond donors (Lipinski definition) is 1. The zero-order valence-corrected chi connectivity index (χ0v) is 11.2. The summed E-state index contributed by atoms with van der Waals surface area (Å²) >= 11 is 0. The number of nitrogens with one attached hydrogen (secondary N) is 1. The predicted octanol–water partition coefficient (Wildman–Crippen LogP) is 0.924. The second-order valence-corrected chi connectivity index (χ2v) is 4.66. The van der Waals surface area contributed by atoms with Crippen LogP contribution in [0.2, 0.25) is 0 Å². The van der Waals surface area contributed by atoms with Crippen LogP contribution in [0.1, 0.15) is 23.2 Å². The maximum Gasteiger partial charge on any atom is 0.252 e. The van der Waals surface area contributed by atoms with Gasteiger partial charge in [0.05, 0.1) is 18.8 Å². The number of morpholine rings is 1. The molecule has 1 N–H and O–H groups in total. The minimum absolute atomic E-state index is 0.0422. The minimum atomic E-state index is -0.0422. The summed E-state index contributed by atoms with van der Waals surface area (Å²) in [4.78, 5) is 18.1. The van der Waals surface area contributed by atoms with E-state index in [1.165, 1.54) is 0 Å². The quantitative estimate of drug-likeness (QED) is 0.776. The Morgan fingerprint density at radius 3 is 2.95 bits per heavy atom. The van der Waals surface area contributed by atoms with Crippen LogP contribution in [0.25, 0.3) is 0 Å². The molecule has 0 radical (unpaired) electrons. The molecule has 1 aliphatic rings. The maximum absolute atomic E-state index is 11.7. The molecule has 0 unspecified atom stereocenters. The van der Waals surface area contributed by atoms with Crippen molar-refractivity contribution < 1.29 is 9.53 Å². The molecule has 19 heavy (non-hydrogen) atoms. The minimum Gasteiger partial charge on any atom is -0.379 e. The van der Waals surface area contributed by atoms with E-state index in [-0.39, 0.29) is 5.91 Å². The zero-order chi connectivity index (χ0) is 13.3. The van der Waals surface area contributed by atoms with Gasteiger partial charge in [0.2, 0.25) is 0 Å². The maximum atomic E-state index is 11.7. The normalized spacial score (nSPS) is 16.2. The number of carbonyl (C=O) groups excluding carboxylic acids is 1. The van der Waals surface area contributed by atoms with Gasteiger partial charge in [-0.3, -0.25) is 14.7 Å². The van der Waals surface area contributed by atoms with Crippen LogP contribution in [-0.4, -0.2) is 55.2 Å². The van der Waals surface area contributed by atoms with Crippen LogP contribution >= 0.6 is 0 Å². The van der Waals surface area contributed by atoms with Crippen molar-refractivity contribution in [3.8, 4) is 0 Å². The van der Waals surface area contributed by atoms with Crippen LogP contribution in [-0.2, 0) is 4.74 Å². The van der Waals surface area contributed by atoms with E-state index in [1.54, 1.807) is 24.5 Å². The summed E-state index contributed by atoms with van der Waals surface area (Å²) in [6.07, 6.45) is 5.36. The highest BCUT2D eigenvalue weighted by Gasteiger charge is 2.09. The van der Waals surface area contributed by atoms with Crippen molar-refractivity contribution in [2.45, 2.75) is 12.8 Å². The van der Waals surface area contributed by atoms with Crippen LogP contribution in [0.4, 0.5) is 0 Å². The molecule has 0 atom stereocenters. The average molecular weight is 263 g/mol. The van der Waals surface area contributed by atoms with E-state index in [1.807, 2.05) is 0 Å². The summed E-state index contributed by atoms with van der Waals surface area (Å²) in [6, 6.07) is 3.55. The van der Waals surface area contributed by atoms with Crippen molar-refractivity contribution >= 4 is 5.91 Å². The van der Waals surface area contributed by atoms with Gasteiger partial charge in [-0.25, -0.2) is 0 Å². The molecule has 1 amide bonds. The third kappa shape index (κ3) is 4.96. The number of carbonyl (C=O) groups is 1. The van der Waals surface area contributed by atoms with Crippen LogP contribution in [0.15, 0.2) is 24.5 Å². The van der Waals surface area contributed by atoms with Crippen LogP contribution in [0.3, 0.4) is 0 Å². The molecule has 1 fully saturated rings. The van der Waals surface area contributed by atoms with Gasteiger partial charge in [-0.1, -0.05) is 0 Å². The average Bonchev–Trinajstić information content (AvgIpc) is 2.49.